The normalized spacial score (nSPS) is 24.8. The minimum absolute atomic E-state index is 0.0840. The van der Waals surface area contributed by atoms with Gasteiger partial charge in [0.1, 0.15) is 0 Å². The van der Waals surface area contributed by atoms with Gasteiger partial charge in [0.25, 0.3) is 0 Å². The molecule has 76 valence electrons. The number of carbonyl (C=O) groups is 1. The molecule has 1 rings (SSSR count). The summed E-state index contributed by atoms with van der Waals surface area (Å²) < 4.78 is 0. The van der Waals surface area contributed by atoms with Crippen LogP contribution in [0.3, 0.4) is 0 Å². The van der Waals surface area contributed by atoms with E-state index in [1.165, 1.54) is 0 Å². The maximum Gasteiger partial charge on any atom is 0.217 e. The molecule has 1 saturated heterocycles. The second-order valence-corrected chi connectivity index (χ2v) is 4.80. The van der Waals surface area contributed by atoms with Crippen LogP contribution in [-0.4, -0.2) is 35.5 Å². The summed E-state index contributed by atoms with van der Waals surface area (Å²) in [6.07, 6.45) is 1.08. The van der Waals surface area contributed by atoms with Crippen LogP contribution < -0.4 is 5.32 Å². The van der Waals surface area contributed by atoms with Crippen molar-refractivity contribution in [2.24, 2.45) is 0 Å². The lowest BCUT2D eigenvalue weighted by Gasteiger charge is -2.31. The fourth-order valence-electron chi connectivity index (χ4n) is 1.77. The highest BCUT2D eigenvalue weighted by molar-refractivity contribution is 5.73. The van der Waals surface area contributed by atoms with Crippen molar-refractivity contribution in [3.05, 3.63) is 0 Å². The molecule has 0 bridgehead atoms. The summed E-state index contributed by atoms with van der Waals surface area (Å²) in [6.45, 7) is 10.3. The van der Waals surface area contributed by atoms with Crippen molar-refractivity contribution >= 4 is 5.91 Å². The van der Waals surface area contributed by atoms with Gasteiger partial charge in [0.15, 0.2) is 0 Å². The van der Waals surface area contributed by atoms with Gasteiger partial charge >= 0.3 is 0 Å². The van der Waals surface area contributed by atoms with Crippen molar-refractivity contribution < 1.29 is 4.79 Å². The first kappa shape index (κ1) is 10.5. The van der Waals surface area contributed by atoms with Gasteiger partial charge in [0.2, 0.25) is 5.91 Å². The monoisotopic (exact) mass is 184 g/mol. The van der Waals surface area contributed by atoms with Crippen LogP contribution in [0.1, 0.15) is 34.1 Å². The van der Waals surface area contributed by atoms with Gasteiger partial charge in [0.05, 0.1) is 0 Å². The topological polar surface area (TPSA) is 32.3 Å². The Bertz CT molecular complexity index is 196. The number of hydrogen-bond donors (Lipinski definition) is 1. The highest BCUT2D eigenvalue weighted by Crippen LogP contribution is 2.20. The van der Waals surface area contributed by atoms with E-state index in [9.17, 15) is 4.79 Å². The van der Waals surface area contributed by atoms with E-state index in [1.54, 1.807) is 6.92 Å². The summed E-state index contributed by atoms with van der Waals surface area (Å²) in [5.41, 5.74) is 0.229. The molecule has 0 saturated carbocycles. The van der Waals surface area contributed by atoms with Gasteiger partial charge in [-0.3, -0.25) is 9.69 Å². The van der Waals surface area contributed by atoms with Crippen LogP contribution in [0.4, 0.5) is 0 Å². The molecular weight excluding hydrogens is 164 g/mol. The number of rotatable bonds is 1. The summed E-state index contributed by atoms with van der Waals surface area (Å²) in [7, 11) is 0. The number of hydrogen-bond acceptors (Lipinski definition) is 2. The Morgan fingerprint density at radius 2 is 2.08 bits per heavy atom. The van der Waals surface area contributed by atoms with Gasteiger partial charge in [-0.05, 0) is 27.2 Å². The molecule has 0 spiro atoms. The first-order valence-corrected chi connectivity index (χ1v) is 4.92. The molecule has 3 nitrogen and oxygen atoms in total. The lowest BCUT2D eigenvalue weighted by atomic mass is 10.1. The molecule has 0 aromatic carbocycles. The van der Waals surface area contributed by atoms with Crippen LogP contribution in [0.15, 0.2) is 0 Å². The van der Waals surface area contributed by atoms with Gasteiger partial charge in [-0.25, -0.2) is 0 Å². The number of carbonyl (C=O) groups excluding carboxylic acids is 1. The number of likely N-dealkylation sites (tertiary alicyclic amines) is 1. The SMILES string of the molecule is CC(=O)NC1CCN(C(C)(C)C)C1. The molecule has 1 aliphatic rings. The van der Waals surface area contributed by atoms with Crippen LogP contribution >= 0.6 is 0 Å². The van der Waals surface area contributed by atoms with E-state index in [0.29, 0.717) is 6.04 Å². The lowest BCUT2D eigenvalue weighted by molar-refractivity contribution is -0.119. The fourth-order valence-corrected chi connectivity index (χ4v) is 1.77. The highest BCUT2D eigenvalue weighted by Gasteiger charge is 2.30. The molecule has 0 aliphatic carbocycles. The molecule has 0 aromatic heterocycles. The van der Waals surface area contributed by atoms with Gasteiger partial charge in [-0.15, -0.1) is 0 Å². The maximum atomic E-state index is 10.8. The zero-order valence-electron chi connectivity index (χ0n) is 9.05. The number of nitrogens with one attached hydrogen (secondary N) is 1. The Morgan fingerprint density at radius 3 is 2.46 bits per heavy atom. The largest absolute Gasteiger partial charge is 0.352 e. The van der Waals surface area contributed by atoms with E-state index in [-0.39, 0.29) is 11.4 Å². The predicted octanol–water partition coefficient (Wildman–Crippen LogP) is 0.995. The Hall–Kier alpha value is -0.570. The molecule has 1 unspecified atom stereocenters. The van der Waals surface area contributed by atoms with E-state index in [4.69, 9.17) is 0 Å². The summed E-state index contributed by atoms with van der Waals surface area (Å²) in [5.74, 6) is 0.0840. The zero-order chi connectivity index (χ0) is 10.1. The second-order valence-electron chi connectivity index (χ2n) is 4.80. The van der Waals surface area contributed by atoms with E-state index in [2.05, 4.69) is 31.0 Å². The Balaban J connectivity index is 2.41. The van der Waals surface area contributed by atoms with Crippen molar-refractivity contribution in [1.29, 1.82) is 0 Å². The first-order chi connectivity index (χ1) is 5.89. The summed E-state index contributed by atoms with van der Waals surface area (Å²) in [6, 6.07) is 0.358. The zero-order valence-corrected chi connectivity index (χ0v) is 9.05. The Kier molecular flexibility index (Phi) is 2.96. The molecule has 1 heterocycles. The highest BCUT2D eigenvalue weighted by atomic mass is 16.1. The molecule has 1 aliphatic heterocycles. The summed E-state index contributed by atoms with van der Waals surface area (Å²) >= 11 is 0. The standard InChI is InChI=1S/C10H20N2O/c1-8(13)11-9-5-6-12(7-9)10(2,3)4/h9H,5-7H2,1-4H3,(H,11,13). The average molecular weight is 184 g/mol. The van der Waals surface area contributed by atoms with Gasteiger partial charge in [-0.2, -0.15) is 0 Å². The lowest BCUT2D eigenvalue weighted by Crippen LogP contribution is -2.42. The third-order valence-electron chi connectivity index (χ3n) is 2.54. The predicted molar refractivity (Wildman–Crippen MR) is 53.5 cm³/mol. The third kappa shape index (κ3) is 2.99. The Labute approximate surface area is 80.5 Å². The summed E-state index contributed by atoms with van der Waals surface area (Å²) in [4.78, 5) is 13.2. The molecule has 0 radical (unpaired) electrons. The van der Waals surface area contributed by atoms with Crippen molar-refractivity contribution in [2.45, 2.75) is 45.7 Å². The van der Waals surface area contributed by atoms with Crippen LogP contribution in [0, 0.1) is 0 Å². The summed E-state index contributed by atoms with van der Waals surface area (Å²) in [5, 5.41) is 2.96. The van der Waals surface area contributed by atoms with E-state index in [0.717, 1.165) is 19.5 Å². The van der Waals surface area contributed by atoms with E-state index in [1.807, 2.05) is 0 Å². The second kappa shape index (κ2) is 3.66. The smallest absolute Gasteiger partial charge is 0.217 e. The van der Waals surface area contributed by atoms with Crippen LogP contribution in [-0.2, 0) is 4.79 Å². The Morgan fingerprint density at radius 1 is 1.46 bits per heavy atom. The maximum absolute atomic E-state index is 10.8. The van der Waals surface area contributed by atoms with Crippen LogP contribution in [0.5, 0.6) is 0 Å². The van der Waals surface area contributed by atoms with E-state index >= 15 is 0 Å². The molecule has 13 heavy (non-hydrogen) atoms. The quantitative estimate of drug-likeness (QED) is 0.659. The molecule has 1 fully saturated rings. The van der Waals surface area contributed by atoms with Crippen molar-refractivity contribution in [3.8, 4) is 0 Å². The average Bonchev–Trinajstić information content (AvgIpc) is 2.32. The van der Waals surface area contributed by atoms with Gasteiger partial charge in [-0.1, -0.05) is 0 Å². The third-order valence-corrected chi connectivity index (χ3v) is 2.54. The molecule has 0 aromatic rings. The number of nitrogens with zero attached hydrogens (tertiary/aromatic N) is 1. The van der Waals surface area contributed by atoms with Crippen LogP contribution in [0.25, 0.3) is 0 Å². The minimum atomic E-state index is 0.0840. The molecule has 3 heteroatoms. The van der Waals surface area contributed by atoms with Crippen molar-refractivity contribution in [2.75, 3.05) is 13.1 Å². The fraction of sp³-hybridized carbons (Fsp3) is 0.900. The van der Waals surface area contributed by atoms with Gasteiger partial charge < -0.3 is 5.32 Å². The minimum Gasteiger partial charge on any atom is -0.352 e. The van der Waals surface area contributed by atoms with Crippen molar-refractivity contribution in [3.63, 3.8) is 0 Å². The molecular formula is C10H20N2O. The van der Waals surface area contributed by atoms with Gasteiger partial charge in [0, 0.05) is 31.6 Å². The number of amides is 1. The van der Waals surface area contributed by atoms with Crippen molar-refractivity contribution in [1.82, 2.24) is 10.2 Å². The van der Waals surface area contributed by atoms with Crippen LogP contribution in [0.2, 0.25) is 0 Å². The molecule has 1 N–H and O–H groups in total. The molecule has 1 atom stereocenters. The first-order valence-electron chi connectivity index (χ1n) is 4.92. The van der Waals surface area contributed by atoms with E-state index < -0.39 is 0 Å². The molecule has 1 amide bonds.